The van der Waals surface area contributed by atoms with Crippen molar-refractivity contribution in [3.05, 3.63) is 0 Å². The van der Waals surface area contributed by atoms with Crippen LogP contribution >= 0.6 is 0 Å². The Kier molecular flexibility index (Phi) is 10.1. The van der Waals surface area contributed by atoms with Gasteiger partial charge in [-0.1, -0.05) is 20.3 Å². The van der Waals surface area contributed by atoms with Crippen molar-refractivity contribution < 1.29 is 24.9 Å². The first-order chi connectivity index (χ1) is 12.3. The van der Waals surface area contributed by atoms with Gasteiger partial charge in [-0.25, -0.2) is 0 Å². The Balaban J connectivity index is 2.47. The van der Waals surface area contributed by atoms with E-state index < -0.39 is 24.9 Å². The summed E-state index contributed by atoms with van der Waals surface area (Å²) in [6.07, 6.45) is 2.99. The molecule has 1 aliphatic rings. The maximum absolute atomic E-state index is 12.4. The van der Waals surface area contributed by atoms with Gasteiger partial charge in [0.2, 0.25) is 11.8 Å². The van der Waals surface area contributed by atoms with Gasteiger partial charge in [0.25, 0.3) is 0 Å². The molecule has 0 aliphatic heterocycles. The first-order valence-electron chi connectivity index (χ1n) is 9.80. The number of hydrogen-bond donors (Lipinski definition) is 5. The van der Waals surface area contributed by atoms with Crippen molar-refractivity contribution in [3.8, 4) is 0 Å². The highest BCUT2D eigenvalue weighted by molar-refractivity contribution is 5.86. The topological polar surface area (TPSA) is 119 Å². The molecule has 1 saturated carbocycles. The number of amides is 2. The van der Waals surface area contributed by atoms with E-state index in [2.05, 4.69) is 24.5 Å². The minimum absolute atomic E-state index is 0.145. The third kappa shape index (κ3) is 7.60. The van der Waals surface area contributed by atoms with Crippen LogP contribution in [-0.4, -0.2) is 58.5 Å². The van der Waals surface area contributed by atoms with E-state index in [9.17, 15) is 19.8 Å². The second-order valence-electron chi connectivity index (χ2n) is 7.72. The molecule has 0 saturated heterocycles. The van der Waals surface area contributed by atoms with Gasteiger partial charge in [-0.3, -0.25) is 9.59 Å². The number of rotatable bonds is 10. The summed E-state index contributed by atoms with van der Waals surface area (Å²) in [5.41, 5.74) is 0. The van der Waals surface area contributed by atoms with Crippen LogP contribution < -0.4 is 10.6 Å². The molecule has 4 atom stereocenters. The van der Waals surface area contributed by atoms with Gasteiger partial charge in [0.15, 0.2) is 0 Å². The fourth-order valence-corrected chi connectivity index (χ4v) is 3.66. The van der Waals surface area contributed by atoms with Gasteiger partial charge in [0, 0.05) is 19.9 Å². The van der Waals surface area contributed by atoms with Crippen LogP contribution in [0.1, 0.15) is 59.3 Å². The van der Waals surface area contributed by atoms with Crippen molar-refractivity contribution in [3.63, 3.8) is 0 Å². The number of aliphatic hydroxyl groups excluding tert-OH is 3. The Morgan fingerprint density at radius 1 is 1.12 bits per heavy atom. The summed E-state index contributed by atoms with van der Waals surface area (Å²) in [5.74, 6) is 1.20. The number of hydrogen-bond acceptors (Lipinski definition) is 5. The van der Waals surface area contributed by atoms with Crippen molar-refractivity contribution in [2.45, 2.75) is 77.5 Å². The standard InChI is InChI=1S/C19H36N2O5/c1-4-12(2)15-7-5-14(6-8-15)10-20-19(26)16(21-13(3)23)9-17(24)18(25)11-22/h12,14-18,22,24-25H,4-11H2,1-3H3,(H,20,26)(H,21,23). The Hall–Kier alpha value is -1.18. The maximum atomic E-state index is 12.4. The van der Waals surface area contributed by atoms with Crippen molar-refractivity contribution in [2.24, 2.45) is 17.8 Å². The molecule has 0 aromatic carbocycles. The summed E-state index contributed by atoms with van der Waals surface area (Å²) in [7, 11) is 0. The molecule has 0 bridgehead atoms. The maximum Gasteiger partial charge on any atom is 0.242 e. The van der Waals surface area contributed by atoms with Crippen molar-refractivity contribution in [2.75, 3.05) is 13.2 Å². The number of nitrogens with one attached hydrogen (secondary N) is 2. The zero-order chi connectivity index (χ0) is 19.7. The lowest BCUT2D eigenvalue weighted by Gasteiger charge is -2.32. The van der Waals surface area contributed by atoms with E-state index >= 15 is 0 Å². The van der Waals surface area contributed by atoms with E-state index in [4.69, 9.17) is 5.11 Å². The lowest BCUT2D eigenvalue weighted by molar-refractivity contribution is -0.129. The predicted octanol–water partition coefficient (Wildman–Crippen LogP) is 0.564. The number of carbonyl (C=O) groups is 2. The number of aliphatic hydroxyl groups is 3. The summed E-state index contributed by atoms with van der Waals surface area (Å²) >= 11 is 0. The first-order valence-corrected chi connectivity index (χ1v) is 9.80. The Bertz CT molecular complexity index is 438. The van der Waals surface area contributed by atoms with E-state index in [0.717, 1.165) is 24.7 Å². The summed E-state index contributed by atoms with van der Waals surface area (Å²) in [6, 6.07) is -0.930. The quantitative estimate of drug-likeness (QED) is 0.384. The molecule has 0 heterocycles. The zero-order valence-corrected chi connectivity index (χ0v) is 16.3. The molecule has 0 aromatic rings. The van der Waals surface area contributed by atoms with E-state index in [-0.39, 0.29) is 18.2 Å². The molecule has 7 nitrogen and oxygen atoms in total. The molecule has 1 rings (SSSR count). The van der Waals surface area contributed by atoms with Gasteiger partial charge in [-0.2, -0.15) is 0 Å². The molecule has 0 aromatic heterocycles. The molecule has 2 amide bonds. The highest BCUT2D eigenvalue weighted by atomic mass is 16.4. The zero-order valence-electron chi connectivity index (χ0n) is 16.3. The lowest BCUT2D eigenvalue weighted by atomic mass is 9.75. The summed E-state index contributed by atoms with van der Waals surface area (Å²) < 4.78 is 0. The monoisotopic (exact) mass is 372 g/mol. The van der Waals surface area contributed by atoms with E-state index in [1.807, 2.05) is 0 Å². The molecule has 1 fully saturated rings. The second-order valence-corrected chi connectivity index (χ2v) is 7.72. The SMILES string of the molecule is CCC(C)C1CCC(CNC(=O)C(CC(O)C(O)CO)NC(C)=O)CC1. The van der Waals surface area contributed by atoms with Crippen molar-refractivity contribution >= 4 is 11.8 Å². The van der Waals surface area contributed by atoms with E-state index in [0.29, 0.717) is 12.5 Å². The third-order valence-corrected chi connectivity index (χ3v) is 5.71. The lowest BCUT2D eigenvalue weighted by Crippen LogP contribution is -2.50. The number of carbonyl (C=O) groups excluding carboxylic acids is 2. The molecular formula is C19H36N2O5. The molecule has 4 unspecified atom stereocenters. The van der Waals surface area contributed by atoms with Crippen LogP contribution in [0.4, 0.5) is 0 Å². The Morgan fingerprint density at radius 3 is 2.23 bits per heavy atom. The van der Waals surface area contributed by atoms with Gasteiger partial charge in [-0.15, -0.1) is 0 Å². The first kappa shape index (κ1) is 22.9. The van der Waals surface area contributed by atoms with Crippen LogP contribution in [0.2, 0.25) is 0 Å². The molecule has 152 valence electrons. The molecule has 0 radical (unpaired) electrons. The molecular weight excluding hydrogens is 336 g/mol. The van der Waals surface area contributed by atoms with Crippen LogP contribution in [0.3, 0.4) is 0 Å². The van der Waals surface area contributed by atoms with Gasteiger partial charge in [0.05, 0.1) is 12.7 Å². The summed E-state index contributed by atoms with van der Waals surface area (Å²) in [4.78, 5) is 23.7. The average Bonchev–Trinajstić information content (AvgIpc) is 2.64. The molecule has 7 heteroatoms. The van der Waals surface area contributed by atoms with E-state index in [1.165, 1.54) is 26.2 Å². The summed E-state index contributed by atoms with van der Waals surface area (Å²) in [6.45, 7) is 5.78. The van der Waals surface area contributed by atoms with Gasteiger partial charge < -0.3 is 26.0 Å². The average molecular weight is 373 g/mol. The van der Waals surface area contributed by atoms with Crippen LogP contribution in [-0.2, 0) is 9.59 Å². The summed E-state index contributed by atoms with van der Waals surface area (Å²) in [5, 5.41) is 33.6. The van der Waals surface area contributed by atoms with Crippen LogP contribution in [0.5, 0.6) is 0 Å². The third-order valence-electron chi connectivity index (χ3n) is 5.71. The second kappa shape index (κ2) is 11.5. The van der Waals surface area contributed by atoms with Gasteiger partial charge >= 0.3 is 0 Å². The molecule has 0 spiro atoms. The smallest absolute Gasteiger partial charge is 0.242 e. The Labute approximate surface area is 156 Å². The van der Waals surface area contributed by atoms with Crippen molar-refractivity contribution in [1.82, 2.24) is 10.6 Å². The van der Waals surface area contributed by atoms with Crippen LogP contribution in [0, 0.1) is 17.8 Å². The van der Waals surface area contributed by atoms with Crippen LogP contribution in [0.15, 0.2) is 0 Å². The molecule has 5 N–H and O–H groups in total. The van der Waals surface area contributed by atoms with Gasteiger partial charge in [-0.05, 0) is 43.4 Å². The normalized spacial score (nSPS) is 25.0. The Morgan fingerprint density at radius 2 is 1.73 bits per heavy atom. The van der Waals surface area contributed by atoms with E-state index in [1.54, 1.807) is 0 Å². The fourth-order valence-electron chi connectivity index (χ4n) is 3.66. The highest BCUT2D eigenvalue weighted by Gasteiger charge is 2.28. The minimum Gasteiger partial charge on any atom is -0.394 e. The predicted molar refractivity (Wildman–Crippen MR) is 99.2 cm³/mol. The molecule has 1 aliphatic carbocycles. The molecule has 26 heavy (non-hydrogen) atoms. The van der Waals surface area contributed by atoms with Crippen LogP contribution in [0.25, 0.3) is 0 Å². The largest absolute Gasteiger partial charge is 0.394 e. The van der Waals surface area contributed by atoms with Gasteiger partial charge in [0.1, 0.15) is 12.1 Å². The fraction of sp³-hybridized carbons (Fsp3) is 0.895. The van der Waals surface area contributed by atoms with Crippen molar-refractivity contribution in [1.29, 1.82) is 0 Å². The minimum atomic E-state index is -1.34. The highest BCUT2D eigenvalue weighted by Crippen LogP contribution is 2.34.